The average Bonchev–Trinajstić information content (AvgIpc) is 2.80. The third kappa shape index (κ3) is 2.55. The summed E-state index contributed by atoms with van der Waals surface area (Å²) in [6.07, 6.45) is 2.75. The first kappa shape index (κ1) is 13.8. The van der Waals surface area contributed by atoms with Crippen molar-refractivity contribution in [3.8, 4) is 5.19 Å². The van der Waals surface area contributed by atoms with Gasteiger partial charge >= 0.3 is 7.12 Å². The summed E-state index contributed by atoms with van der Waals surface area (Å²) < 4.78 is 18.4. The number of aromatic nitrogens is 1. The molecule has 0 N–H and O–H groups in total. The Morgan fingerprint density at radius 3 is 2.44 bits per heavy atom. The van der Waals surface area contributed by atoms with E-state index in [0.29, 0.717) is 11.8 Å². The summed E-state index contributed by atoms with van der Waals surface area (Å²) in [6.45, 7) is 10.9. The van der Waals surface area contributed by atoms with E-state index in [9.17, 15) is 0 Å². The Balaban J connectivity index is 2.07. The summed E-state index contributed by atoms with van der Waals surface area (Å²) in [6, 6.07) is 0. The minimum Gasteiger partial charge on any atom is -0.470 e. The van der Waals surface area contributed by atoms with E-state index < -0.39 is 0 Å². The SMILES string of the molecule is CCCOc1ncc(B2OC(C)(C)C(C)(C)O2)s1. The van der Waals surface area contributed by atoms with Crippen molar-refractivity contribution in [3.05, 3.63) is 6.20 Å². The zero-order chi connectivity index (χ0) is 13.4. The van der Waals surface area contributed by atoms with Crippen molar-refractivity contribution in [1.29, 1.82) is 0 Å². The molecule has 1 aromatic heterocycles. The molecular formula is C12H20BNO3S. The van der Waals surface area contributed by atoms with Crippen LogP contribution in [-0.2, 0) is 9.31 Å². The molecule has 0 bridgehead atoms. The lowest BCUT2D eigenvalue weighted by Crippen LogP contribution is -2.41. The van der Waals surface area contributed by atoms with Crippen LogP contribution in [0.15, 0.2) is 6.20 Å². The molecule has 1 aromatic rings. The number of hydrogen-bond acceptors (Lipinski definition) is 5. The molecule has 100 valence electrons. The molecule has 4 nitrogen and oxygen atoms in total. The second kappa shape index (κ2) is 4.83. The molecule has 0 unspecified atom stereocenters. The van der Waals surface area contributed by atoms with E-state index in [0.717, 1.165) is 11.2 Å². The van der Waals surface area contributed by atoms with Gasteiger partial charge in [0.05, 0.1) is 22.6 Å². The van der Waals surface area contributed by atoms with Crippen LogP contribution in [0.2, 0.25) is 0 Å². The highest BCUT2D eigenvalue weighted by atomic mass is 32.1. The van der Waals surface area contributed by atoms with Crippen molar-refractivity contribution in [1.82, 2.24) is 4.98 Å². The molecule has 0 aromatic carbocycles. The maximum Gasteiger partial charge on any atom is 0.507 e. The van der Waals surface area contributed by atoms with Crippen LogP contribution in [0, 0.1) is 0 Å². The van der Waals surface area contributed by atoms with Gasteiger partial charge in [0.15, 0.2) is 0 Å². The summed E-state index contributed by atoms with van der Waals surface area (Å²) in [7, 11) is -0.341. The van der Waals surface area contributed by atoms with Gasteiger partial charge in [0.2, 0.25) is 0 Å². The van der Waals surface area contributed by atoms with E-state index in [2.05, 4.69) is 11.9 Å². The fourth-order valence-electron chi connectivity index (χ4n) is 1.59. The third-order valence-electron chi connectivity index (χ3n) is 3.42. The molecule has 0 amide bonds. The van der Waals surface area contributed by atoms with E-state index in [1.54, 1.807) is 6.20 Å². The normalized spacial score (nSPS) is 21.3. The maximum atomic E-state index is 5.96. The summed E-state index contributed by atoms with van der Waals surface area (Å²) in [5, 5.41) is 0.682. The highest BCUT2D eigenvalue weighted by molar-refractivity contribution is 7.23. The van der Waals surface area contributed by atoms with Gasteiger partial charge in [0, 0.05) is 6.20 Å². The predicted octanol–water partition coefficient (Wildman–Crippen LogP) is 2.23. The second-order valence-electron chi connectivity index (χ2n) is 5.47. The highest BCUT2D eigenvalue weighted by Crippen LogP contribution is 2.37. The molecule has 1 aliphatic rings. The lowest BCUT2D eigenvalue weighted by molar-refractivity contribution is 0.00578. The maximum absolute atomic E-state index is 5.96. The lowest BCUT2D eigenvalue weighted by Gasteiger charge is -2.32. The quantitative estimate of drug-likeness (QED) is 0.786. The van der Waals surface area contributed by atoms with Gasteiger partial charge < -0.3 is 14.0 Å². The predicted molar refractivity (Wildman–Crippen MR) is 73.6 cm³/mol. The van der Waals surface area contributed by atoms with Crippen LogP contribution in [0.3, 0.4) is 0 Å². The Hall–Kier alpha value is -0.585. The van der Waals surface area contributed by atoms with Gasteiger partial charge in [-0.25, -0.2) is 4.98 Å². The molecule has 1 aliphatic heterocycles. The van der Waals surface area contributed by atoms with E-state index in [1.807, 2.05) is 27.7 Å². The summed E-state index contributed by atoms with van der Waals surface area (Å²) in [5.41, 5.74) is -0.627. The van der Waals surface area contributed by atoms with Crippen molar-refractivity contribution >= 4 is 23.2 Å². The number of ether oxygens (including phenoxy) is 1. The van der Waals surface area contributed by atoms with E-state index in [-0.39, 0.29) is 18.3 Å². The van der Waals surface area contributed by atoms with E-state index in [4.69, 9.17) is 14.0 Å². The van der Waals surface area contributed by atoms with Crippen LogP contribution in [-0.4, -0.2) is 29.9 Å². The fraction of sp³-hybridized carbons (Fsp3) is 0.750. The Bertz CT molecular complexity index is 403. The van der Waals surface area contributed by atoms with Crippen molar-refractivity contribution in [2.24, 2.45) is 0 Å². The molecular weight excluding hydrogens is 249 g/mol. The van der Waals surface area contributed by atoms with E-state index in [1.165, 1.54) is 11.3 Å². The van der Waals surface area contributed by atoms with Crippen LogP contribution in [0.25, 0.3) is 0 Å². The highest BCUT2D eigenvalue weighted by Gasteiger charge is 2.52. The Morgan fingerprint density at radius 1 is 1.28 bits per heavy atom. The second-order valence-corrected chi connectivity index (χ2v) is 6.49. The molecule has 18 heavy (non-hydrogen) atoms. The minimum absolute atomic E-state index is 0.313. The average molecular weight is 269 g/mol. The Morgan fingerprint density at radius 2 is 1.89 bits per heavy atom. The van der Waals surface area contributed by atoms with Crippen LogP contribution < -0.4 is 9.51 Å². The lowest BCUT2D eigenvalue weighted by atomic mass is 9.89. The molecule has 0 radical (unpaired) electrons. The molecule has 6 heteroatoms. The van der Waals surface area contributed by atoms with Gasteiger partial charge in [0.1, 0.15) is 0 Å². The van der Waals surface area contributed by atoms with Crippen molar-refractivity contribution in [2.45, 2.75) is 52.2 Å². The third-order valence-corrected chi connectivity index (χ3v) is 4.35. The minimum atomic E-state index is -0.341. The summed E-state index contributed by atoms with van der Waals surface area (Å²) in [5.74, 6) is 0. The monoisotopic (exact) mass is 269 g/mol. The molecule has 0 spiro atoms. The fourth-order valence-corrected chi connectivity index (χ4v) is 2.34. The zero-order valence-corrected chi connectivity index (χ0v) is 12.5. The van der Waals surface area contributed by atoms with Crippen molar-refractivity contribution in [3.63, 3.8) is 0 Å². The number of nitrogens with zero attached hydrogens (tertiary/aromatic N) is 1. The van der Waals surface area contributed by atoms with Gasteiger partial charge in [0.25, 0.3) is 5.19 Å². The van der Waals surface area contributed by atoms with Crippen LogP contribution in [0.4, 0.5) is 0 Å². The molecule has 0 aliphatic carbocycles. The zero-order valence-electron chi connectivity index (χ0n) is 11.6. The van der Waals surface area contributed by atoms with Gasteiger partial charge in [-0.2, -0.15) is 0 Å². The number of thiazole rings is 1. The van der Waals surface area contributed by atoms with Crippen LogP contribution in [0.5, 0.6) is 5.19 Å². The van der Waals surface area contributed by atoms with Gasteiger partial charge in [-0.3, -0.25) is 0 Å². The Kier molecular flexibility index (Phi) is 3.71. The van der Waals surface area contributed by atoms with Crippen LogP contribution in [0.1, 0.15) is 41.0 Å². The standard InChI is InChI=1S/C12H20BNO3S/c1-6-7-15-10-14-8-9(18-10)13-16-11(2,3)12(4,5)17-13/h8H,6-7H2,1-5H3. The summed E-state index contributed by atoms with van der Waals surface area (Å²) in [4.78, 5) is 4.23. The van der Waals surface area contributed by atoms with E-state index >= 15 is 0 Å². The first-order chi connectivity index (χ1) is 8.36. The molecule has 2 rings (SSSR count). The van der Waals surface area contributed by atoms with Gasteiger partial charge in [-0.15, -0.1) is 0 Å². The molecule has 1 saturated heterocycles. The van der Waals surface area contributed by atoms with Crippen molar-refractivity contribution < 1.29 is 14.0 Å². The summed E-state index contributed by atoms with van der Waals surface area (Å²) >= 11 is 1.49. The number of hydrogen-bond donors (Lipinski definition) is 0. The first-order valence-electron chi connectivity index (χ1n) is 6.30. The largest absolute Gasteiger partial charge is 0.507 e. The Labute approximate surface area is 113 Å². The number of rotatable bonds is 4. The molecule has 0 saturated carbocycles. The topological polar surface area (TPSA) is 40.6 Å². The van der Waals surface area contributed by atoms with Crippen LogP contribution >= 0.6 is 11.3 Å². The van der Waals surface area contributed by atoms with Gasteiger partial charge in [-0.05, 0) is 34.1 Å². The van der Waals surface area contributed by atoms with Crippen molar-refractivity contribution in [2.75, 3.05) is 6.61 Å². The van der Waals surface area contributed by atoms with Gasteiger partial charge in [-0.1, -0.05) is 18.3 Å². The first-order valence-corrected chi connectivity index (χ1v) is 7.11. The molecule has 1 fully saturated rings. The molecule has 0 atom stereocenters. The molecule has 2 heterocycles. The smallest absolute Gasteiger partial charge is 0.470 e.